The molecule has 2 aliphatic heterocycles. The molecule has 2 fully saturated rings. The molecular weight excluding hydrogens is 315 g/mol. The number of aromatic nitrogens is 2. The van der Waals surface area contributed by atoms with Crippen molar-refractivity contribution in [2.45, 2.75) is 30.3 Å². The van der Waals surface area contributed by atoms with Crippen LogP contribution in [0.4, 0.5) is 4.39 Å². The van der Waals surface area contributed by atoms with Crippen LogP contribution >= 0.6 is 0 Å². The van der Waals surface area contributed by atoms with E-state index in [1.807, 2.05) is 4.98 Å². The van der Waals surface area contributed by atoms with Crippen LogP contribution in [0.1, 0.15) is 6.23 Å². The Hall–Kier alpha value is -2.03. The van der Waals surface area contributed by atoms with Gasteiger partial charge in [0, 0.05) is 19.4 Å². The molecule has 5 atom stereocenters. The molecule has 0 aliphatic carbocycles. The summed E-state index contributed by atoms with van der Waals surface area (Å²) in [6.07, 6.45) is 3.53. The molecule has 0 radical (unpaired) electrons. The van der Waals surface area contributed by atoms with Crippen molar-refractivity contribution in [1.82, 2.24) is 9.55 Å². The largest absolute Gasteiger partial charge is 0.390 e. The summed E-state index contributed by atoms with van der Waals surface area (Å²) < 4.78 is 36.3. The molecule has 0 spiro atoms. The Kier molecular flexibility index (Phi) is 3.62. The van der Waals surface area contributed by atoms with E-state index in [-0.39, 0.29) is 0 Å². The Balaban J connectivity index is 2.15. The van der Waals surface area contributed by atoms with Crippen molar-refractivity contribution in [1.29, 1.82) is 0 Å². The van der Waals surface area contributed by atoms with Gasteiger partial charge in [-0.05, 0) is 0 Å². The van der Waals surface area contributed by atoms with Gasteiger partial charge in [0.2, 0.25) is 5.60 Å². The van der Waals surface area contributed by atoms with Gasteiger partial charge in [0.05, 0.1) is 0 Å². The lowest BCUT2D eigenvalue weighted by atomic mass is 9.94. The molecule has 0 aromatic carbocycles. The van der Waals surface area contributed by atoms with Crippen molar-refractivity contribution in [3.63, 3.8) is 0 Å². The van der Waals surface area contributed by atoms with Crippen LogP contribution in [-0.4, -0.2) is 52.4 Å². The van der Waals surface area contributed by atoms with Gasteiger partial charge in [0.1, 0.15) is 6.61 Å². The molecule has 0 amide bonds. The molecule has 0 saturated carbocycles. The van der Waals surface area contributed by atoms with E-state index >= 15 is 0 Å². The van der Waals surface area contributed by atoms with Gasteiger partial charge >= 0.3 is 5.69 Å². The van der Waals surface area contributed by atoms with Crippen molar-refractivity contribution >= 4 is 0 Å². The average Bonchev–Trinajstić information content (AvgIpc) is 3.03. The lowest BCUT2D eigenvalue weighted by Gasteiger charge is -2.26. The zero-order valence-electron chi connectivity index (χ0n) is 11.9. The van der Waals surface area contributed by atoms with Crippen LogP contribution in [0.3, 0.4) is 0 Å². The lowest BCUT2D eigenvalue weighted by molar-refractivity contribution is -0.298. The molecule has 2 aliphatic rings. The highest BCUT2D eigenvalue weighted by Gasteiger charge is 2.72. The van der Waals surface area contributed by atoms with Gasteiger partial charge in [0.15, 0.2) is 12.3 Å². The molecule has 124 valence electrons. The van der Waals surface area contributed by atoms with Crippen molar-refractivity contribution in [2.75, 3.05) is 13.7 Å². The van der Waals surface area contributed by atoms with Crippen LogP contribution < -0.4 is 11.2 Å². The van der Waals surface area contributed by atoms with Gasteiger partial charge in [-0.1, -0.05) is 5.92 Å². The fourth-order valence-corrected chi connectivity index (χ4v) is 2.69. The summed E-state index contributed by atoms with van der Waals surface area (Å²) >= 11 is 0. The number of alkyl halides is 1. The zero-order valence-corrected chi connectivity index (χ0v) is 11.9. The van der Waals surface area contributed by atoms with E-state index in [1.54, 1.807) is 0 Å². The minimum atomic E-state index is -2.72. The summed E-state index contributed by atoms with van der Waals surface area (Å²) in [5, 5.41) is 9.33. The van der Waals surface area contributed by atoms with Gasteiger partial charge in [-0.3, -0.25) is 14.3 Å². The summed E-state index contributed by atoms with van der Waals surface area (Å²) in [6, 6.07) is 1.03. The Morgan fingerprint density at radius 1 is 1.57 bits per heavy atom. The smallest absolute Gasteiger partial charge is 0.330 e. The van der Waals surface area contributed by atoms with Crippen molar-refractivity contribution < 1.29 is 28.4 Å². The van der Waals surface area contributed by atoms with E-state index in [4.69, 9.17) is 25.4 Å². The van der Waals surface area contributed by atoms with E-state index in [2.05, 4.69) is 5.92 Å². The summed E-state index contributed by atoms with van der Waals surface area (Å²) in [5.74, 6) is -0.494. The van der Waals surface area contributed by atoms with E-state index in [0.717, 1.165) is 16.8 Å². The summed E-state index contributed by atoms with van der Waals surface area (Å²) in [5.41, 5.74) is -3.41. The second kappa shape index (κ2) is 5.26. The molecular formula is C13H13FN2O7. The number of halogens is 1. The summed E-state index contributed by atoms with van der Waals surface area (Å²) in [6.45, 7) is -2.39. The van der Waals surface area contributed by atoms with Gasteiger partial charge in [-0.25, -0.2) is 9.18 Å². The molecule has 3 rings (SSSR count). The topological polar surface area (TPSA) is 112 Å². The van der Waals surface area contributed by atoms with Crippen LogP contribution in [0.2, 0.25) is 0 Å². The summed E-state index contributed by atoms with van der Waals surface area (Å²) in [4.78, 5) is 25.1. The number of aromatic amines is 1. The number of methoxy groups -OCH3 is 1. The number of aliphatic hydroxyl groups is 1. The third kappa shape index (κ3) is 2.13. The Morgan fingerprint density at radius 2 is 2.30 bits per heavy atom. The minimum absolute atomic E-state index is 0.650. The molecule has 2 N–H and O–H groups in total. The van der Waals surface area contributed by atoms with Gasteiger partial charge in [-0.2, -0.15) is 0 Å². The summed E-state index contributed by atoms with van der Waals surface area (Å²) in [7, 11) is 1.25. The first-order valence-electron chi connectivity index (χ1n) is 6.53. The number of hydrogen-bond donors (Lipinski definition) is 2. The fourth-order valence-electron chi connectivity index (χ4n) is 2.69. The number of fused-ring (bicyclic) bond motifs is 1. The van der Waals surface area contributed by atoms with Crippen molar-refractivity contribution in [3.05, 3.63) is 33.1 Å². The van der Waals surface area contributed by atoms with Crippen molar-refractivity contribution in [2.24, 2.45) is 0 Å². The number of ether oxygens (including phenoxy) is 4. The van der Waals surface area contributed by atoms with E-state index in [1.165, 1.54) is 7.11 Å². The molecule has 9 nitrogen and oxygen atoms in total. The Bertz CT molecular complexity index is 771. The Labute approximate surface area is 128 Å². The van der Waals surface area contributed by atoms with Crippen LogP contribution in [0, 0.1) is 12.3 Å². The quantitative estimate of drug-likeness (QED) is 0.645. The highest BCUT2D eigenvalue weighted by molar-refractivity contribution is 5.24. The SMILES string of the molecule is C#C[C@@]12O[C@@H](OC)O[C@@H]1[C@@](F)(CO)O[C@H]2n1ccc(=O)[nH]c1=O. The van der Waals surface area contributed by atoms with Crippen LogP contribution in [0.5, 0.6) is 0 Å². The number of rotatable bonds is 3. The fraction of sp³-hybridized carbons (Fsp3) is 0.538. The molecule has 0 bridgehead atoms. The Morgan fingerprint density at radius 3 is 2.87 bits per heavy atom. The zero-order chi connectivity index (χ0) is 16.8. The average molecular weight is 328 g/mol. The lowest BCUT2D eigenvalue weighted by Crippen LogP contribution is -2.48. The predicted octanol–water partition coefficient (Wildman–Crippen LogP) is -1.56. The van der Waals surface area contributed by atoms with Gasteiger partial charge < -0.3 is 24.1 Å². The molecule has 0 unspecified atom stereocenters. The van der Waals surface area contributed by atoms with Gasteiger partial charge in [0.25, 0.3) is 17.9 Å². The molecule has 2 saturated heterocycles. The van der Waals surface area contributed by atoms with Crippen LogP contribution in [-0.2, 0) is 18.9 Å². The maximum atomic E-state index is 14.9. The number of terminal acetylenes is 1. The number of aliphatic hydroxyl groups excluding tert-OH is 1. The third-order valence-corrected chi connectivity index (χ3v) is 3.73. The first-order chi connectivity index (χ1) is 10.9. The number of nitrogens with one attached hydrogen (secondary N) is 1. The van der Waals surface area contributed by atoms with E-state index in [0.29, 0.717) is 0 Å². The van der Waals surface area contributed by atoms with Crippen LogP contribution in [0.25, 0.3) is 0 Å². The molecule has 3 heterocycles. The maximum Gasteiger partial charge on any atom is 0.330 e. The molecule has 1 aromatic rings. The van der Waals surface area contributed by atoms with Crippen molar-refractivity contribution in [3.8, 4) is 12.3 Å². The molecule has 23 heavy (non-hydrogen) atoms. The highest BCUT2D eigenvalue weighted by atomic mass is 19.2. The van der Waals surface area contributed by atoms with Crippen LogP contribution in [0.15, 0.2) is 21.9 Å². The second-order valence-electron chi connectivity index (χ2n) is 5.03. The number of hydrogen-bond acceptors (Lipinski definition) is 7. The maximum absolute atomic E-state index is 14.9. The standard InChI is InChI=1S/C13H13FN2O7/c1-3-12-8(21-11(20-2)23-12)13(14,6-17)22-9(12)16-5-4-7(18)15-10(16)19/h1,4-5,8-9,11,17H,6H2,2H3,(H,15,18,19)/t8-,9+,11-,12+,13+/m0/s1. The number of H-pyrrole nitrogens is 1. The highest BCUT2D eigenvalue weighted by Crippen LogP contribution is 2.52. The predicted molar refractivity (Wildman–Crippen MR) is 70.7 cm³/mol. The van der Waals surface area contributed by atoms with Gasteiger partial charge in [-0.15, -0.1) is 6.42 Å². The minimum Gasteiger partial charge on any atom is -0.390 e. The van der Waals surface area contributed by atoms with E-state index < -0.39 is 48.1 Å². The monoisotopic (exact) mass is 328 g/mol. The second-order valence-corrected chi connectivity index (χ2v) is 5.03. The third-order valence-electron chi connectivity index (χ3n) is 3.73. The molecule has 10 heteroatoms. The number of nitrogens with zero attached hydrogens (tertiary/aromatic N) is 1. The van der Waals surface area contributed by atoms with E-state index in [9.17, 15) is 19.1 Å². The normalized spacial score (nSPS) is 39.1. The molecule has 1 aromatic heterocycles. The first kappa shape index (κ1) is 15.9. The first-order valence-corrected chi connectivity index (χ1v) is 6.53.